The van der Waals surface area contributed by atoms with Crippen LogP contribution in [0.4, 0.5) is 4.79 Å². The molecule has 0 radical (unpaired) electrons. The maximum atomic E-state index is 13.1. The Morgan fingerprint density at radius 2 is 1.73 bits per heavy atom. The van der Waals surface area contributed by atoms with Crippen LogP contribution in [0.3, 0.4) is 0 Å². The normalized spacial score (nSPS) is 19.1. The standard InChI is InChI=1S/C37H51BN4O5Si/c1-9-10-18-45-35(43)41-17-11-12-32(41)34-40-31-23-29(24-39-33(31)42(34)25-44-19-20-48(6,7)8)27-13-14-28-22-30(16-15-26(28)21-27)38-46-36(2,3)37(4,5)47-38/h13-16,21-24,32H,9-12,17-20,25H2,1-8H3. The van der Waals surface area contributed by atoms with E-state index in [0.29, 0.717) is 26.5 Å². The Bertz CT molecular complexity index is 1770. The molecule has 2 saturated heterocycles. The molecule has 6 rings (SSSR count). The summed E-state index contributed by atoms with van der Waals surface area (Å²) in [5, 5.41) is 2.24. The van der Waals surface area contributed by atoms with E-state index >= 15 is 0 Å². The third-order valence-corrected chi connectivity index (χ3v) is 11.8. The third-order valence-electron chi connectivity index (χ3n) is 10.1. The lowest BCUT2D eigenvalue weighted by Crippen LogP contribution is -2.41. The number of aromatic nitrogens is 3. The maximum absolute atomic E-state index is 13.1. The van der Waals surface area contributed by atoms with Crippen molar-refractivity contribution in [3.63, 3.8) is 0 Å². The number of likely N-dealkylation sites (tertiary alicyclic amines) is 1. The number of carbonyl (C=O) groups excluding carboxylic acids is 1. The first-order valence-corrected chi connectivity index (χ1v) is 21.2. The quantitative estimate of drug-likeness (QED) is 0.118. The summed E-state index contributed by atoms with van der Waals surface area (Å²) in [5.41, 5.74) is 3.84. The SMILES string of the molecule is CCCCOC(=O)N1CCCC1c1nc2cc(-c3ccc4cc(B5OC(C)(C)C(C)(C)O5)ccc4c3)cnc2n1COCC[Si](C)(C)C. The van der Waals surface area contributed by atoms with Crippen LogP contribution in [0.25, 0.3) is 33.1 Å². The molecule has 4 aromatic rings. The van der Waals surface area contributed by atoms with E-state index in [4.69, 9.17) is 28.8 Å². The van der Waals surface area contributed by atoms with Crippen LogP contribution >= 0.6 is 0 Å². The van der Waals surface area contributed by atoms with E-state index < -0.39 is 15.2 Å². The van der Waals surface area contributed by atoms with Gasteiger partial charge in [-0.3, -0.25) is 9.47 Å². The number of nitrogens with zero attached hydrogens (tertiary/aromatic N) is 4. The molecule has 2 aliphatic heterocycles. The number of unbranched alkanes of at least 4 members (excludes halogenated alkanes) is 1. The fourth-order valence-corrected chi connectivity index (χ4v) is 7.07. The summed E-state index contributed by atoms with van der Waals surface area (Å²) in [6.07, 6.45) is 5.21. The van der Waals surface area contributed by atoms with Crippen molar-refractivity contribution in [2.75, 3.05) is 19.8 Å². The summed E-state index contributed by atoms with van der Waals surface area (Å²) in [4.78, 5) is 25.0. The van der Waals surface area contributed by atoms with Crippen LogP contribution in [0, 0.1) is 0 Å². The molecule has 2 aromatic heterocycles. The number of rotatable bonds is 11. The minimum atomic E-state index is -1.25. The van der Waals surface area contributed by atoms with E-state index in [1.807, 2.05) is 11.1 Å². The summed E-state index contributed by atoms with van der Waals surface area (Å²) < 4.78 is 26.5. The molecule has 1 unspecified atom stereocenters. The largest absolute Gasteiger partial charge is 0.494 e. The lowest BCUT2D eigenvalue weighted by atomic mass is 9.78. The van der Waals surface area contributed by atoms with Crippen LogP contribution in [0.2, 0.25) is 25.7 Å². The van der Waals surface area contributed by atoms with Gasteiger partial charge in [-0.15, -0.1) is 0 Å². The van der Waals surface area contributed by atoms with Gasteiger partial charge in [0.15, 0.2) is 5.65 Å². The zero-order valence-electron chi connectivity index (χ0n) is 30.0. The number of imidazole rings is 1. The summed E-state index contributed by atoms with van der Waals surface area (Å²) in [5.74, 6) is 0.807. The van der Waals surface area contributed by atoms with Crippen molar-refractivity contribution < 1.29 is 23.6 Å². The van der Waals surface area contributed by atoms with E-state index in [1.54, 1.807) is 0 Å². The Morgan fingerprint density at radius 1 is 1.00 bits per heavy atom. The summed E-state index contributed by atoms with van der Waals surface area (Å²) in [6, 6.07) is 15.8. The third kappa shape index (κ3) is 7.20. The van der Waals surface area contributed by atoms with E-state index in [-0.39, 0.29) is 23.3 Å². The molecule has 256 valence electrons. The molecule has 11 heteroatoms. The Balaban J connectivity index is 1.29. The molecule has 0 bridgehead atoms. The first kappa shape index (κ1) is 34.6. The van der Waals surface area contributed by atoms with Crippen LogP contribution in [-0.2, 0) is 25.5 Å². The van der Waals surface area contributed by atoms with Crippen molar-refractivity contribution in [1.29, 1.82) is 0 Å². The second-order valence-electron chi connectivity index (χ2n) is 15.5. The van der Waals surface area contributed by atoms with E-state index in [0.717, 1.165) is 76.1 Å². The molecule has 0 saturated carbocycles. The lowest BCUT2D eigenvalue weighted by molar-refractivity contribution is 0.00578. The van der Waals surface area contributed by atoms with E-state index in [9.17, 15) is 4.79 Å². The molecule has 2 aliphatic rings. The first-order chi connectivity index (χ1) is 22.8. The molecule has 48 heavy (non-hydrogen) atoms. The monoisotopic (exact) mass is 670 g/mol. The smallest absolute Gasteiger partial charge is 0.449 e. The molecule has 1 atom stereocenters. The van der Waals surface area contributed by atoms with Gasteiger partial charge in [-0.25, -0.2) is 14.8 Å². The minimum absolute atomic E-state index is 0.184. The topological polar surface area (TPSA) is 87.9 Å². The van der Waals surface area contributed by atoms with Crippen molar-refractivity contribution in [3.05, 3.63) is 54.5 Å². The molecule has 0 spiro atoms. The highest BCUT2D eigenvalue weighted by Crippen LogP contribution is 2.37. The van der Waals surface area contributed by atoms with Gasteiger partial charge < -0.3 is 18.8 Å². The zero-order valence-corrected chi connectivity index (χ0v) is 31.0. The molecule has 1 amide bonds. The molecule has 4 heterocycles. The second-order valence-corrected chi connectivity index (χ2v) is 21.2. The highest BCUT2D eigenvalue weighted by molar-refractivity contribution is 6.76. The Kier molecular flexibility index (Phi) is 9.79. The number of benzene rings is 2. The lowest BCUT2D eigenvalue weighted by Gasteiger charge is -2.32. The number of ether oxygens (including phenoxy) is 2. The van der Waals surface area contributed by atoms with Crippen molar-refractivity contribution in [1.82, 2.24) is 19.4 Å². The molecule has 9 nitrogen and oxygen atoms in total. The summed E-state index contributed by atoms with van der Waals surface area (Å²) >= 11 is 0. The molecule has 2 fully saturated rings. The molecule has 0 aliphatic carbocycles. The van der Waals surface area contributed by atoms with E-state index in [1.165, 1.54) is 0 Å². The van der Waals surface area contributed by atoms with Gasteiger partial charge in [0.2, 0.25) is 0 Å². The zero-order chi connectivity index (χ0) is 34.3. The van der Waals surface area contributed by atoms with Crippen molar-refractivity contribution in [2.45, 2.75) is 110 Å². The van der Waals surface area contributed by atoms with Gasteiger partial charge in [0.1, 0.15) is 18.1 Å². The van der Waals surface area contributed by atoms with Crippen molar-refractivity contribution in [3.8, 4) is 11.1 Å². The number of hydrogen-bond donors (Lipinski definition) is 0. The minimum Gasteiger partial charge on any atom is -0.449 e. The average molecular weight is 671 g/mol. The van der Waals surface area contributed by atoms with Crippen LogP contribution in [0.15, 0.2) is 48.7 Å². The number of carbonyl (C=O) groups is 1. The maximum Gasteiger partial charge on any atom is 0.494 e. The predicted molar refractivity (Wildman–Crippen MR) is 195 cm³/mol. The number of pyridine rings is 1. The fourth-order valence-electron chi connectivity index (χ4n) is 6.31. The Hall–Kier alpha value is -3.25. The van der Waals surface area contributed by atoms with Gasteiger partial charge in [0.25, 0.3) is 0 Å². The first-order valence-electron chi connectivity index (χ1n) is 17.5. The molecular weight excluding hydrogens is 619 g/mol. The number of amides is 1. The molecular formula is C37H51BN4O5Si. The Morgan fingerprint density at radius 3 is 2.46 bits per heavy atom. The van der Waals surface area contributed by atoms with Gasteiger partial charge in [-0.2, -0.15) is 0 Å². The second kappa shape index (κ2) is 13.6. The van der Waals surface area contributed by atoms with Crippen LogP contribution in [0.1, 0.15) is 72.2 Å². The molecule has 0 N–H and O–H groups in total. The van der Waals surface area contributed by atoms with Crippen LogP contribution < -0.4 is 5.46 Å². The van der Waals surface area contributed by atoms with Crippen LogP contribution in [0.5, 0.6) is 0 Å². The number of fused-ring (bicyclic) bond motifs is 2. The summed E-state index contributed by atoms with van der Waals surface area (Å²) in [7, 11) is -1.65. The highest BCUT2D eigenvalue weighted by atomic mass is 28.3. The predicted octanol–water partition coefficient (Wildman–Crippen LogP) is 7.94. The fraction of sp³-hybridized carbons (Fsp3) is 0.541. The Labute approximate surface area is 286 Å². The van der Waals surface area contributed by atoms with Crippen molar-refractivity contribution >= 4 is 48.7 Å². The van der Waals surface area contributed by atoms with Gasteiger partial charge in [-0.05, 0) is 86.9 Å². The van der Waals surface area contributed by atoms with Crippen LogP contribution in [-0.4, -0.2) is 71.7 Å². The van der Waals surface area contributed by atoms with Gasteiger partial charge >= 0.3 is 13.2 Å². The highest BCUT2D eigenvalue weighted by Gasteiger charge is 2.51. The average Bonchev–Trinajstić information content (AvgIpc) is 3.71. The summed E-state index contributed by atoms with van der Waals surface area (Å²) in [6.45, 7) is 19.6. The van der Waals surface area contributed by atoms with Gasteiger partial charge in [0, 0.05) is 33.0 Å². The van der Waals surface area contributed by atoms with Crippen molar-refractivity contribution in [2.24, 2.45) is 0 Å². The molecule has 2 aromatic carbocycles. The number of hydrogen-bond acceptors (Lipinski definition) is 7. The van der Waals surface area contributed by atoms with Gasteiger partial charge in [-0.1, -0.05) is 63.3 Å². The van der Waals surface area contributed by atoms with Gasteiger partial charge in [0.05, 0.1) is 23.9 Å². The van der Waals surface area contributed by atoms with E-state index in [2.05, 4.69) is 101 Å².